The van der Waals surface area contributed by atoms with Crippen molar-refractivity contribution < 1.29 is 5.11 Å². The first-order valence-electron chi connectivity index (χ1n) is 5.57. The maximum absolute atomic E-state index is 9.14. The minimum absolute atomic E-state index is 0.157. The molecular formula is C13H14ClN3O. The van der Waals surface area contributed by atoms with E-state index in [1.54, 1.807) is 18.5 Å². The van der Waals surface area contributed by atoms with Crippen molar-refractivity contribution in [1.29, 1.82) is 0 Å². The van der Waals surface area contributed by atoms with Crippen molar-refractivity contribution >= 4 is 17.4 Å². The maximum atomic E-state index is 9.14. The van der Waals surface area contributed by atoms with Gasteiger partial charge >= 0.3 is 0 Å². The summed E-state index contributed by atoms with van der Waals surface area (Å²) in [4.78, 5) is 10.3. The second-order valence-corrected chi connectivity index (χ2v) is 4.37. The molecule has 94 valence electrons. The van der Waals surface area contributed by atoms with E-state index in [4.69, 9.17) is 16.7 Å². The van der Waals surface area contributed by atoms with Gasteiger partial charge < -0.3 is 10.0 Å². The SMILES string of the molecule is CN(Cc1ccncc1)c1ccc(Cl)c(CO)n1. The Hall–Kier alpha value is -1.65. The van der Waals surface area contributed by atoms with Crippen molar-refractivity contribution in [2.24, 2.45) is 0 Å². The lowest BCUT2D eigenvalue weighted by Crippen LogP contribution is -2.18. The molecule has 2 aromatic rings. The van der Waals surface area contributed by atoms with Gasteiger partial charge in [0.05, 0.1) is 17.3 Å². The molecule has 2 rings (SSSR count). The molecule has 0 saturated heterocycles. The van der Waals surface area contributed by atoms with E-state index < -0.39 is 0 Å². The summed E-state index contributed by atoms with van der Waals surface area (Å²) in [5, 5.41) is 9.63. The van der Waals surface area contributed by atoms with Gasteiger partial charge in [-0.15, -0.1) is 0 Å². The third-order valence-corrected chi connectivity index (χ3v) is 2.96. The monoisotopic (exact) mass is 263 g/mol. The fourth-order valence-corrected chi connectivity index (χ4v) is 1.80. The Morgan fingerprint density at radius 3 is 2.61 bits per heavy atom. The molecule has 0 amide bonds. The number of aliphatic hydroxyl groups is 1. The van der Waals surface area contributed by atoms with Crippen LogP contribution in [0.2, 0.25) is 5.02 Å². The van der Waals surface area contributed by atoms with Gasteiger partial charge in [0.2, 0.25) is 0 Å². The zero-order valence-corrected chi connectivity index (χ0v) is 10.8. The van der Waals surface area contributed by atoms with Gasteiger partial charge in [0.1, 0.15) is 5.82 Å². The van der Waals surface area contributed by atoms with E-state index in [0.717, 1.165) is 17.9 Å². The molecule has 18 heavy (non-hydrogen) atoms. The predicted octanol–water partition coefficient (Wildman–Crippen LogP) is 2.26. The zero-order valence-electron chi connectivity index (χ0n) is 10.0. The number of halogens is 1. The predicted molar refractivity (Wildman–Crippen MR) is 71.5 cm³/mol. The molecule has 0 aliphatic rings. The van der Waals surface area contributed by atoms with Crippen molar-refractivity contribution in [3.8, 4) is 0 Å². The van der Waals surface area contributed by atoms with Crippen LogP contribution >= 0.6 is 11.6 Å². The Labute approximate surface area is 111 Å². The summed E-state index contributed by atoms with van der Waals surface area (Å²) in [5.74, 6) is 0.778. The molecule has 0 aromatic carbocycles. The second-order valence-electron chi connectivity index (χ2n) is 3.97. The van der Waals surface area contributed by atoms with E-state index in [-0.39, 0.29) is 6.61 Å². The molecule has 0 atom stereocenters. The summed E-state index contributed by atoms with van der Waals surface area (Å²) in [6.45, 7) is 0.567. The van der Waals surface area contributed by atoms with Crippen molar-refractivity contribution in [2.45, 2.75) is 13.2 Å². The Kier molecular flexibility index (Phi) is 4.12. The van der Waals surface area contributed by atoms with Crippen LogP contribution < -0.4 is 4.90 Å². The Balaban J connectivity index is 2.16. The van der Waals surface area contributed by atoms with Gasteiger partial charge in [0.15, 0.2) is 0 Å². The van der Waals surface area contributed by atoms with Gasteiger partial charge in [-0.1, -0.05) is 11.6 Å². The highest BCUT2D eigenvalue weighted by Crippen LogP contribution is 2.19. The van der Waals surface area contributed by atoms with Gasteiger partial charge in [0, 0.05) is 26.0 Å². The molecule has 0 bridgehead atoms. The third kappa shape index (κ3) is 2.97. The molecule has 0 unspecified atom stereocenters. The third-order valence-electron chi connectivity index (χ3n) is 2.61. The fourth-order valence-electron chi connectivity index (χ4n) is 1.64. The minimum Gasteiger partial charge on any atom is -0.390 e. The summed E-state index contributed by atoms with van der Waals surface area (Å²) in [5.41, 5.74) is 1.64. The highest BCUT2D eigenvalue weighted by molar-refractivity contribution is 6.31. The molecule has 2 heterocycles. The average Bonchev–Trinajstić information content (AvgIpc) is 2.40. The number of nitrogens with zero attached hydrogens (tertiary/aromatic N) is 3. The quantitative estimate of drug-likeness (QED) is 0.919. The highest BCUT2D eigenvalue weighted by Gasteiger charge is 2.07. The summed E-state index contributed by atoms with van der Waals surface area (Å²) in [6.07, 6.45) is 3.52. The lowest BCUT2D eigenvalue weighted by molar-refractivity contribution is 0.277. The summed E-state index contributed by atoms with van der Waals surface area (Å²) >= 11 is 5.91. The molecule has 0 fully saturated rings. The first kappa shape index (κ1) is 12.8. The van der Waals surface area contributed by atoms with Crippen LogP contribution in [0.1, 0.15) is 11.3 Å². The van der Waals surface area contributed by atoms with E-state index in [9.17, 15) is 0 Å². The Morgan fingerprint density at radius 2 is 1.94 bits per heavy atom. The van der Waals surface area contributed by atoms with E-state index in [1.165, 1.54) is 0 Å². The van der Waals surface area contributed by atoms with Gasteiger partial charge in [0.25, 0.3) is 0 Å². The van der Waals surface area contributed by atoms with Crippen LogP contribution in [0.3, 0.4) is 0 Å². The van der Waals surface area contributed by atoms with E-state index >= 15 is 0 Å². The molecule has 0 radical (unpaired) electrons. The molecule has 5 heteroatoms. The molecule has 2 aromatic heterocycles. The molecule has 1 N–H and O–H groups in total. The first-order chi connectivity index (χ1) is 8.70. The van der Waals surface area contributed by atoms with Crippen molar-refractivity contribution in [3.05, 3.63) is 52.9 Å². The second kappa shape index (κ2) is 5.80. The molecule has 4 nitrogen and oxygen atoms in total. The standard InChI is InChI=1S/C13H14ClN3O/c1-17(8-10-4-6-15-7-5-10)13-3-2-11(14)12(9-18)16-13/h2-7,18H,8-9H2,1H3. The number of aromatic nitrogens is 2. The van der Waals surface area contributed by atoms with Crippen LogP contribution in [-0.2, 0) is 13.2 Å². The normalized spacial score (nSPS) is 10.4. The minimum atomic E-state index is -0.157. The molecule has 0 saturated carbocycles. The van der Waals surface area contributed by atoms with Crippen molar-refractivity contribution in [3.63, 3.8) is 0 Å². The first-order valence-corrected chi connectivity index (χ1v) is 5.95. The largest absolute Gasteiger partial charge is 0.390 e. The number of hydrogen-bond donors (Lipinski definition) is 1. The Morgan fingerprint density at radius 1 is 1.22 bits per heavy atom. The fraction of sp³-hybridized carbons (Fsp3) is 0.231. The maximum Gasteiger partial charge on any atom is 0.129 e. The smallest absolute Gasteiger partial charge is 0.129 e. The molecular weight excluding hydrogens is 250 g/mol. The number of rotatable bonds is 4. The summed E-state index contributed by atoms with van der Waals surface area (Å²) in [7, 11) is 1.94. The molecule has 0 aliphatic carbocycles. The van der Waals surface area contributed by atoms with Gasteiger partial charge in [-0.2, -0.15) is 0 Å². The van der Waals surface area contributed by atoms with Crippen molar-refractivity contribution in [2.75, 3.05) is 11.9 Å². The number of aliphatic hydroxyl groups excluding tert-OH is 1. The highest BCUT2D eigenvalue weighted by atomic mass is 35.5. The van der Waals surface area contributed by atoms with Gasteiger partial charge in [-0.05, 0) is 29.8 Å². The molecule has 0 spiro atoms. The van der Waals surface area contributed by atoms with Crippen LogP contribution in [0.4, 0.5) is 5.82 Å². The Bertz CT molecular complexity index is 519. The van der Waals surface area contributed by atoms with Gasteiger partial charge in [-0.25, -0.2) is 4.98 Å². The zero-order chi connectivity index (χ0) is 13.0. The number of anilines is 1. The van der Waals surface area contributed by atoms with E-state index in [1.807, 2.05) is 30.1 Å². The van der Waals surface area contributed by atoms with Crippen LogP contribution in [0, 0.1) is 0 Å². The van der Waals surface area contributed by atoms with Crippen LogP contribution in [0.25, 0.3) is 0 Å². The summed E-state index contributed by atoms with van der Waals surface area (Å²) < 4.78 is 0. The van der Waals surface area contributed by atoms with Crippen LogP contribution in [-0.4, -0.2) is 22.1 Å². The topological polar surface area (TPSA) is 49.2 Å². The lowest BCUT2D eigenvalue weighted by Gasteiger charge is -2.19. The summed E-state index contributed by atoms with van der Waals surface area (Å²) in [6, 6.07) is 7.50. The molecule has 0 aliphatic heterocycles. The van der Waals surface area contributed by atoms with Gasteiger partial charge in [-0.3, -0.25) is 4.98 Å². The van der Waals surface area contributed by atoms with Crippen molar-refractivity contribution in [1.82, 2.24) is 9.97 Å². The number of pyridine rings is 2. The van der Waals surface area contributed by atoms with E-state index in [2.05, 4.69) is 9.97 Å². The average molecular weight is 264 g/mol. The van der Waals surface area contributed by atoms with Crippen LogP contribution in [0.15, 0.2) is 36.7 Å². The lowest BCUT2D eigenvalue weighted by atomic mass is 10.2. The van der Waals surface area contributed by atoms with E-state index in [0.29, 0.717) is 10.7 Å². The number of hydrogen-bond acceptors (Lipinski definition) is 4. The van der Waals surface area contributed by atoms with Crippen LogP contribution in [0.5, 0.6) is 0 Å².